The van der Waals surface area contributed by atoms with Crippen LogP contribution in [0.15, 0.2) is 4.99 Å². The SMILES string of the molecule is CN=C(NCCCc1nnc2n1CCCCC2)N1CCN(C(C)C(F)(F)F)CC1.I. The van der Waals surface area contributed by atoms with Crippen molar-refractivity contribution in [2.75, 3.05) is 39.8 Å². The quantitative estimate of drug-likeness (QED) is 0.268. The fraction of sp³-hybridized carbons (Fsp3) is 0.842. The van der Waals surface area contributed by atoms with Crippen LogP contribution in [0.1, 0.15) is 44.3 Å². The van der Waals surface area contributed by atoms with Gasteiger partial charge in [-0.1, -0.05) is 6.42 Å². The first-order valence-electron chi connectivity index (χ1n) is 10.6. The van der Waals surface area contributed by atoms with E-state index in [9.17, 15) is 13.2 Å². The maximum atomic E-state index is 12.9. The molecule has 0 radical (unpaired) electrons. The molecular formula is C19H33F3IN7. The molecule has 2 aliphatic heterocycles. The number of alkyl halides is 3. The predicted molar refractivity (Wildman–Crippen MR) is 121 cm³/mol. The molecule has 0 aliphatic carbocycles. The highest BCUT2D eigenvalue weighted by Crippen LogP contribution is 2.25. The topological polar surface area (TPSA) is 61.6 Å². The molecular weight excluding hydrogens is 510 g/mol. The molecule has 0 saturated carbocycles. The summed E-state index contributed by atoms with van der Waals surface area (Å²) in [6, 6.07) is -1.40. The molecule has 0 spiro atoms. The second-order valence-corrected chi connectivity index (χ2v) is 7.81. The molecule has 30 heavy (non-hydrogen) atoms. The van der Waals surface area contributed by atoms with Gasteiger partial charge in [-0.25, -0.2) is 0 Å². The third kappa shape index (κ3) is 6.44. The Morgan fingerprint density at radius 2 is 1.83 bits per heavy atom. The first-order valence-corrected chi connectivity index (χ1v) is 10.6. The van der Waals surface area contributed by atoms with Crippen molar-refractivity contribution in [2.45, 2.75) is 64.2 Å². The van der Waals surface area contributed by atoms with E-state index in [-0.39, 0.29) is 24.0 Å². The normalized spacial score (nSPS) is 19.6. The lowest BCUT2D eigenvalue weighted by molar-refractivity contribution is -0.181. The lowest BCUT2D eigenvalue weighted by Gasteiger charge is -2.39. The number of fused-ring (bicyclic) bond motifs is 1. The number of aryl methyl sites for hydroxylation is 2. The highest BCUT2D eigenvalue weighted by molar-refractivity contribution is 14.0. The van der Waals surface area contributed by atoms with Gasteiger partial charge >= 0.3 is 6.18 Å². The van der Waals surface area contributed by atoms with Crippen LogP contribution in [0.2, 0.25) is 0 Å². The number of hydrogen-bond donors (Lipinski definition) is 1. The van der Waals surface area contributed by atoms with Crippen molar-refractivity contribution < 1.29 is 13.2 Å². The van der Waals surface area contributed by atoms with Crippen LogP contribution >= 0.6 is 24.0 Å². The number of nitrogens with one attached hydrogen (secondary N) is 1. The lowest BCUT2D eigenvalue weighted by atomic mass is 10.2. The van der Waals surface area contributed by atoms with Crippen LogP contribution in [0.5, 0.6) is 0 Å². The number of guanidine groups is 1. The number of aromatic nitrogens is 3. The van der Waals surface area contributed by atoms with Gasteiger partial charge in [-0.3, -0.25) is 9.89 Å². The number of aliphatic imine (C=N–C) groups is 1. The van der Waals surface area contributed by atoms with E-state index >= 15 is 0 Å². The largest absolute Gasteiger partial charge is 0.403 e. The Bertz CT molecular complexity index is 684. The summed E-state index contributed by atoms with van der Waals surface area (Å²) < 4.78 is 41.0. The second kappa shape index (κ2) is 11.5. The number of piperazine rings is 1. The minimum Gasteiger partial charge on any atom is -0.356 e. The zero-order valence-corrected chi connectivity index (χ0v) is 20.1. The molecule has 0 amide bonds. The van der Waals surface area contributed by atoms with Crippen molar-refractivity contribution in [2.24, 2.45) is 4.99 Å². The molecule has 1 saturated heterocycles. The molecule has 0 aromatic carbocycles. The minimum atomic E-state index is -4.18. The molecule has 0 bridgehead atoms. The summed E-state index contributed by atoms with van der Waals surface area (Å²) in [5.74, 6) is 2.91. The van der Waals surface area contributed by atoms with Gasteiger partial charge in [-0.15, -0.1) is 34.2 Å². The van der Waals surface area contributed by atoms with E-state index in [1.807, 2.05) is 4.90 Å². The molecule has 11 heteroatoms. The number of nitrogens with zero attached hydrogens (tertiary/aromatic N) is 6. The van der Waals surface area contributed by atoms with Crippen molar-refractivity contribution in [3.05, 3.63) is 11.6 Å². The predicted octanol–water partition coefficient (Wildman–Crippen LogP) is 2.70. The third-order valence-electron chi connectivity index (χ3n) is 5.89. The zero-order chi connectivity index (χ0) is 20.9. The standard InChI is InChI=1S/C19H32F3N7.HI/c1-15(19(20,21)22)27-11-13-28(14-12-27)18(23-2)24-9-6-8-17-26-25-16-7-4-3-5-10-29(16)17;/h15H,3-14H2,1-2H3,(H,23,24);1H. The van der Waals surface area contributed by atoms with Crippen LogP contribution in [0, 0.1) is 0 Å². The van der Waals surface area contributed by atoms with E-state index in [2.05, 4.69) is 25.1 Å². The van der Waals surface area contributed by atoms with Crippen LogP contribution < -0.4 is 5.32 Å². The summed E-state index contributed by atoms with van der Waals surface area (Å²) >= 11 is 0. The van der Waals surface area contributed by atoms with Crippen molar-refractivity contribution in [3.63, 3.8) is 0 Å². The molecule has 1 atom stereocenters. The number of rotatable bonds is 5. The summed E-state index contributed by atoms with van der Waals surface area (Å²) in [6.07, 6.45) is 2.21. The van der Waals surface area contributed by atoms with Crippen LogP contribution in [0.4, 0.5) is 13.2 Å². The first-order chi connectivity index (χ1) is 13.9. The average Bonchev–Trinajstić information content (AvgIpc) is 2.93. The maximum Gasteiger partial charge on any atom is 0.403 e. The van der Waals surface area contributed by atoms with Crippen LogP contribution in [-0.2, 0) is 19.4 Å². The first kappa shape index (κ1) is 25.2. The lowest BCUT2D eigenvalue weighted by Crippen LogP contribution is -2.56. The van der Waals surface area contributed by atoms with Crippen molar-refractivity contribution in [1.29, 1.82) is 0 Å². The van der Waals surface area contributed by atoms with E-state index in [1.54, 1.807) is 7.05 Å². The van der Waals surface area contributed by atoms with Gasteiger partial charge in [0.1, 0.15) is 17.7 Å². The highest BCUT2D eigenvalue weighted by atomic mass is 127. The second-order valence-electron chi connectivity index (χ2n) is 7.81. The minimum absolute atomic E-state index is 0. The van der Waals surface area contributed by atoms with Gasteiger partial charge in [0.2, 0.25) is 0 Å². The smallest absolute Gasteiger partial charge is 0.356 e. The fourth-order valence-corrected chi connectivity index (χ4v) is 4.04. The molecule has 7 nitrogen and oxygen atoms in total. The van der Waals surface area contributed by atoms with Crippen molar-refractivity contribution >= 4 is 29.9 Å². The van der Waals surface area contributed by atoms with Crippen molar-refractivity contribution in [1.82, 2.24) is 29.9 Å². The summed E-state index contributed by atoms with van der Waals surface area (Å²) in [7, 11) is 1.71. The fourth-order valence-electron chi connectivity index (χ4n) is 4.04. The van der Waals surface area contributed by atoms with E-state index in [1.165, 1.54) is 31.1 Å². The highest BCUT2D eigenvalue weighted by Gasteiger charge is 2.41. The molecule has 1 aromatic rings. The van der Waals surface area contributed by atoms with Gasteiger partial charge in [0.15, 0.2) is 5.96 Å². The molecule has 3 rings (SSSR count). The Hall–Kier alpha value is -1.11. The van der Waals surface area contributed by atoms with Gasteiger partial charge in [0.25, 0.3) is 0 Å². The molecule has 2 aliphatic rings. The van der Waals surface area contributed by atoms with Crippen LogP contribution in [0.3, 0.4) is 0 Å². The summed E-state index contributed by atoms with van der Waals surface area (Å²) in [5.41, 5.74) is 0. The Balaban J connectivity index is 0.00000320. The van der Waals surface area contributed by atoms with Gasteiger partial charge in [-0.05, 0) is 26.2 Å². The Morgan fingerprint density at radius 1 is 1.10 bits per heavy atom. The van der Waals surface area contributed by atoms with E-state index in [0.29, 0.717) is 26.2 Å². The third-order valence-corrected chi connectivity index (χ3v) is 5.89. The number of hydrogen-bond acceptors (Lipinski definition) is 4. The molecule has 1 N–H and O–H groups in total. The Kier molecular flexibility index (Phi) is 9.64. The van der Waals surface area contributed by atoms with Gasteiger partial charge in [0, 0.05) is 59.2 Å². The molecule has 1 fully saturated rings. The summed E-state index contributed by atoms with van der Waals surface area (Å²) in [5, 5.41) is 12.0. The zero-order valence-electron chi connectivity index (χ0n) is 17.8. The van der Waals surface area contributed by atoms with E-state index in [4.69, 9.17) is 0 Å². The molecule has 1 aromatic heterocycles. The Morgan fingerprint density at radius 3 is 2.50 bits per heavy atom. The molecule has 3 heterocycles. The maximum absolute atomic E-state index is 12.9. The van der Waals surface area contributed by atoms with Crippen LogP contribution in [-0.4, -0.2) is 82.5 Å². The van der Waals surface area contributed by atoms with E-state index in [0.717, 1.165) is 50.0 Å². The summed E-state index contributed by atoms with van der Waals surface area (Å²) in [6.45, 7) is 4.82. The van der Waals surface area contributed by atoms with E-state index < -0.39 is 12.2 Å². The van der Waals surface area contributed by atoms with Crippen LogP contribution in [0.25, 0.3) is 0 Å². The van der Waals surface area contributed by atoms with Gasteiger partial charge in [-0.2, -0.15) is 13.2 Å². The summed E-state index contributed by atoms with van der Waals surface area (Å²) in [4.78, 5) is 7.82. The monoisotopic (exact) mass is 543 g/mol. The van der Waals surface area contributed by atoms with Crippen molar-refractivity contribution in [3.8, 4) is 0 Å². The molecule has 1 unspecified atom stereocenters. The number of halogens is 4. The Labute approximate surface area is 193 Å². The average molecular weight is 543 g/mol. The van der Waals surface area contributed by atoms with Gasteiger partial charge < -0.3 is 14.8 Å². The van der Waals surface area contributed by atoms with Gasteiger partial charge in [0.05, 0.1) is 0 Å². The molecule has 172 valence electrons.